The van der Waals surface area contributed by atoms with Crippen LogP contribution in [0.5, 0.6) is 0 Å². The van der Waals surface area contributed by atoms with Crippen molar-refractivity contribution >= 4 is 27.4 Å². The van der Waals surface area contributed by atoms with Crippen LogP contribution in [0.15, 0.2) is 21.5 Å². The Bertz CT molecular complexity index is 510. The first kappa shape index (κ1) is 13.6. The summed E-state index contributed by atoms with van der Waals surface area (Å²) in [6, 6.07) is 1.13. The van der Waals surface area contributed by atoms with E-state index in [9.17, 15) is 19.7 Å². The molecule has 0 saturated carbocycles. The fraction of sp³-hybridized carbons (Fsp3) is 0.400. The molecular formula is C10H11BrN2O4. The van der Waals surface area contributed by atoms with E-state index in [0.717, 1.165) is 16.8 Å². The monoisotopic (exact) mass is 302 g/mol. The highest BCUT2D eigenvalue weighted by Crippen LogP contribution is 2.14. The Hall–Kier alpha value is -1.50. The summed E-state index contributed by atoms with van der Waals surface area (Å²) in [6.45, 7) is 1.72. The number of rotatable bonds is 5. The van der Waals surface area contributed by atoms with Gasteiger partial charge in [0.15, 0.2) is 5.78 Å². The quantitative estimate of drug-likeness (QED) is 0.614. The summed E-state index contributed by atoms with van der Waals surface area (Å²) < 4.78 is 1.14. The number of pyridine rings is 1. The van der Waals surface area contributed by atoms with Gasteiger partial charge in [-0.2, -0.15) is 0 Å². The van der Waals surface area contributed by atoms with Crippen molar-refractivity contribution in [2.24, 2.45) is 0 Å². The molecule has 6 nitrogen and oxygen atoms in total. The molecule has 0 amide bonds. The second-order valence-electron chi connectivity index (χ2n) is 3.53. The van der Waals surface area contributed by atoms with E-state index in [4.69, 9.17) is 0 Å². The Kier molecular flexibility index (Phi) is 4.56. The Morgan fingerprint density at radius 1 is 1.59 bits per heavy atom. The summed E-state index contributed by atoms with van der Waals surface area (Å²) in [7, 11) is 0. The van der Waals surface area contributed by atoms with Gasteiger partial charge in [-0.3, -0.25) is 19.7 Å². The van der Waals surface area contributed by atoms with E-state index in [1.807, 2.05) is 6.92 Å². The molecule has 1 rings (SSSR count). The first-order valence-electron chi connectivity index (χ1n) is 5.01. The lowest BCUT2D eigenvalue weighted by molar-refractivity contribution is -0.385. The lowest BCUT2D eigenvalue weighted by Gasteiger charge is -2.04. The van der Waals surface area contributed by atoms with Gasteiger partial charge in [0.05, 0.1) is 22.1 Å². The normalized spacial score (nSPS) is 10.2. The van der Waals surface area contributed by atoms with Crippen molar-refractivity contribution in [2.75, 3.05) is 0 Å². The van der Waals surface area contributed by atoms with Crippen LogP contribution in [-0.4, -0.2) is 15.3 Å². The number of aromatic nitrogens is 1. The molecule has 1 aromatic heterocycles. The van der Waals surface area contributed by atoms with Crippen molar-refractivity contribution in [2.45, 2.75) is 26.3 Å². The molecule has 0 radical (unpaired) electrons. The lowest BCUT2D eigenvalue weighted by atomic mass is 10.2. The first-order chi connectivity index (χ1) is 7.95. The molecule has 0 N–H and O–H groups in total. The number of nitro groups is 1. The van der Waals surface area contributed by atoms with Crippen LogP contribution in [0.2, 0.25) is 0 Å². The summed E-state index contributed by atoms with van der Waals surface area (Å²) >= 11 is 2.95. The number of ketones is 1. The molecule has 0 bridgehead atoms. The van der Waals surface area contributed by atoms with Gasteiger partial charge in [0.1, 0.15) is 0 Å². The van der Waals surface area contributed by atoms with E-state index < -0.39 is 10.5 Å². The molecule has 17 heavy (non-hydrogen) atoms. The molecule has 0 atom stereocenters. The van der Waals surface area contributed by atoms with Crippen LogP contribution < -0.4 is 5.56 Å². The number of nitrogens with zero attached hydrogens (tertiary/aromatic N) is 2. The number of carbonyl (C=O) groups is 1. The number of halogens is 1. The van der Waals surface area contributed by atoms with Crippen LogP contribution in [0.1, 0.15) is 19.8 Å². The van der Waals surface area contributed by atoms with Gasteiger partial charge >= 0.3 is 0 Å². The second kappa shape index (κ2) is 5.72. The highest BCUT2D eigenvalue weighted by atomic mass is 79.9. The van der Waals surface area contributed by atoms with Crippen LogP contribution in [0.4, 0.5) is 5.69 Å². The Morgan fingerprint density at radius 3 is 2.76 bits per heavy atom. The van der Waals surface area contributed by atoms with Crippen LogP contribution in [0.25, 0.3) is 0 Å². The largest absolute Gasteiger partial charge is 0.300 e. The average molecular weight is 303 g/mol. The fourth-order valence-electron chi connectivity index (χ4n) is 1.35. The maximum Gasteiger partial charge on any atom is 0.286 e. The minimum atomic E-state index is -0.606. The summed E-state index contributed by atoms with van der Waals surface area (Å²) in [6.07, 6.45) is 2.12. The van der Waals surface area contributed by atoms with Gasteiger partial charge in [-0.25, -0.2) is 0 Å². The molecule has 0 fully saturated rings. The predicted molar refractivity (Wildman–Crippen MR) is 65.0 cm³/mol. The van der Waals surface area contributed by atoms with Gasteiger partial charge in [-0.1, -0.05) is 6.92 Å². The third-order valence-electron chi connectivity index (χ3n) is 2.11. The fourth-order valence-corrected chi connectivity index (χ4v) is 1.81. The molecule has 7 heteroatoms. The zero-order chi connectivity index (χ0) is 13.0. The van der Waals surface area contributed by atoms with Gasteiger partial charge < -0.3 is 4.57 Å². The zero-order valence-electron chi connectivity index (χ0n) is 9.18. The van der Waals surface area contributed by atoms with Gasteiger partial charge in [0, 0.05) is 12.5 Å². The molecular weight excluding hydrogens is 292 g/mol. The molecule has 0 aliphatic heterocycles. The standard InChI is InChI=1S/C10H11BrN2O4/c1-2-3-8(14)6-12-5-7(13(16)17)4-9(11)10(12)15/h4-5H,2-3,6H2,1H3. The lowest BCUT2D eigenvalue weighted by Crippen LogP contribution is -2.24. The number of hydrogen-bond acceptors (Lipinski definition) is 4. The summed E-state index contributed by atoms with van der Waals surface area (Å²) in [5, 5.41) is 10.6. The van der Waals surface area contributed by atoms with Gasteiger partial charge in [0.25, 0.3) is 11.2 Å². The molecule has 0 unspecified atom stereocenters. The number of Topliss-reactive ketones (excluding diaryl/α,β-unsaturated/α-hetero) is 1. The highest BCUT2D eigenvalue weighted by molar-refractivity contribution is 9.10. The molecule has 0 aromatic carbocycles. The second-order valence-corrected chi connectivity index (χ2v) is 4.38. The smallest absolute Gasteiger partial charge is 0.286 e. The number of hydrogen-bond donors (Lipinski definition) is 0. The topological polar surface area (TPSA) is 82.2 Å². The van der Waals surface area contributed by atoms with Crippen molar-refractivity contribution in [1.82, 2.24) is 4.57 Å². The molecule has 1 heterocycles. The van der Waals surface area contributed by atoms with Gasteiger partial charge in [-0.05, 0) is 22.4 Å². The predicted octanol–water partition coefficient (Wildman–Crippen LogP) is 1.89. The Labute approximate surface area is 106 Å². The first-order valence-corrected chi connectivity index (χ1v) is 5.81. The number of carbonyl (C=O) groups excluding carboxylic acids is 1. The van der Waals surface area contributed by atoms with Gasteiger partial charge in [-0.15, -0.1) is 0 Å². The van der Waals surface area contributed by atoms with Crippen molar-refractivity contribution in [3.63, 3.8) is 0 Å². The summed E-state index contributed by atoms with van der Waals surface area (Å²) in [5.74, 6) is -0.123. The zero-order valence-corrected chi connectivity index (χ0v) is 10.8. The average Bonchev–Trinajstić information content (AvgIpc) is 2.24. The van der Waals surface area contributed by atoms with Crippen LogP contribution >= 0.6 is 15.9 Å². The van der Waals surface area contributed by atoms with E-state index in [1.54, 1.807) is 0 Å². The Balaban J connectivity index is 3.10. The van der Waals surface area contributed by atoms with Crippen molar-refractivity contribution in [3.05, 3.63) is 37.2 Å². The summed E-state index contributed by atoms with van der Waals surface area (Å²) in [4.78, 5) is 33.0. The minimum absolute atomic E-state index is 0.0796. The van der Waals surface area contributed by atoms with E-state index in [-0.39, 0.29) is 22.5 Å². The van der Waals surface area contributed by atoms with Crippen molar-refractivity contribution in [1.29, 1.82) is 0 Å². The minimum Gasteiger partial charge on any atom is -0.300 e. The third kappa shape index (κ3) is 3.48. The SMILES string of the molecule is CCCC(=O)Cn1cc([N+](=O)[O-])cc(Br)c1=O. The molecule has 0 spiro atoms. The van der Waals surface area contributed by atoms with Crippen molar-refractivity contribution in [3.8, 4) is 0 Å². The van der Waals surface area contributed by atoms with E-state index in [1.165, 1.54) is 0 Å². The van der Waals surface area contributed by atoms with Crippen LogP contribution in [0.3, 0.4) is 0 Å². The van der Waals surface area contributed by atoms with Crippen LogP contribution in [-0.2, 0) is 11.3 Å². The maximum absolute atomic E-state index is 11.6. The van der Waals surface area contributed by atoms with Gasteiger partial charge in [0.2, 0.25) is 0 Å². The van der Waals surface area contributed by atoms with E-state index in [2.05, 4.69) is 15.9 Å². The van der Waals surface area contributed by atoms with Crippen LogP contribution in [0, 0.1) is 10.1 Å². The summed E-state index contributed by atoms with van der Waals surface area (Å²) in [5.41, 5.74) is -0.666. The molecule has 92 valence electrons. The molecule has 1 aromatic rings. The van der Waals surface area contributed by atoms with E-state index in [0.29, 0.717) is 12.8 Å². The maximum atomic E-state index is 11.6. The molecule has 0 saturated heterocycles. The molecule has 0 aliphatic carbocycles. The Morgan fingerprint density at radius 2 is 2.24 bits per heavy atom. The van der Waals surface area contributed by atoms with Crippen molar-refractivity contribution < 1.29 is 9.72 Å². The molecule has 0 aliphatic rings. The highest BCUT2D eigenvalue weighted by Gasteiger charge is 2.13. The van der Waals surface area contributed by atoms with E-state index >= 15 is 0 Å². The third-order valence-corrected chi connectivity index (χ3v) is 2.68.